The van der Waals surface area contributed by atoms with Crippen LogP contribution in [0.5, 0.6) is 0 Å². The summed E-state index contributed by atoms with van der Waals surface area (Å²) in [5, 5.41) is 2.24. The lowest BCUT2D eigenvalue weighted by Gasteiger charge is -2.35. The second-order valence-corrected chi connectivity index (χ2v) is 8.23. The summed E-state index contributed by atoms with van der Waals surface area (Å²) >= 11 is 1.67. The third-order valence-electron chi connectivity index (χ3n) is 5.05. The Hall–Kier alpha value is -2.14. The number of fused-ring (bicyclic) bond motifs is 1. The highest BCUT2D eigenvalue weighted by Gasteiger charge is 2.29. The van der Waals surface area contributed by atoms with Crippen LogP contribution in [0.4, 0.5) is 0 Å². The maximum Gasteiger partial charge on any atom is 0.229 e. The van der Waals surface area contributed by atoms with Gasteiger partial charge in [-0.15, -0.1) is 11.3 Å². The Bertz CT molecular complexity index is 878. The molecule has 1 aliphatic heterocycles. The van der Waals surface area contributed by atoms with Crippen LogP contribution in [0.3, 0.4) is 0 Å². The maximum atomic E-state index is 13.0. The average Bonchev–Trinajstić information content (AvgIpc) is 3.17. The van der Waals surface area contributed by atoms with E-state index in [1.807, 2.05) is 13.0 Å². The summed E-state index contributed by atoms with van der Waals surface area (Å²) in [6.45, 7) is 4.89. The second-order valence-electron chi connectivity index (χ2n) is 6.82. The fourth-order valence-electron chi connectivity index (χ4n) is 3.81. The molecule has 5 heteroatoms. The molecule has 130 valence electrons. The Morgan fingerprint density at radius 2 is 2.16 bits per heavy atom. The van der Waals surface area contributed by atoms with Crippen molar-refractivity contribution >= 4 is 28.1 Å². The van der Waals surface area contributed by atoms with Crippen molar-refractivity contribution in [2.45, 2.75) is 45.6 Å². The number of carbonyl (C=O) groups is 1. The number of aryl methyl sites for hydroxylation is 2. The van der Waals surface area contributed by atoms with Gasteiger partial charge in [-0.1, -0.05) is 18.2 Å². The number of aromatic nitrogens is 2. The molecule has 25 heavy (non-hydrogen) atoms. The topological polar surface area (TPSA) is 49.0 Å². The molecule has 0 aliphatic carbocycles. The maximum absolute atomic E-state index is 13.0. The molecule has 0 spiro atoms. The van der Waals surface area contributed by atoms with Crippen molar-refractivity contribution in [1.29, 1.82) is 0 Å². The molecular weight excluding hydrogens is 330 g/mol. The largest absolute Gasteiger partial charge is 0.357 e. The smallest absolute Gasteiger partial charge is 0.229 e. The number of hydrogen-bond acceptors (Lipinski definition) is 3. The van der Waals surface area contributed by atoms with E-state index < -0.39 is 0 Å². The van der Waals surface area contributed by atoms with Crippen molar-refractivity contribution in [2.75, 3.05) is 6.54 Å². The van der Waals surface area contributed by atoms with Crippen molar-refractivity contribution in [3.8, 4) is 0 Å². The highest BCUT2D eigenvalue weighted by atomic mass is 32.1. The third-order valence-corrected chi connectivity index (χ3v) is 5.98. The van der Waals surface area contributed by atoms with Crippen LogP contribution in [0.25, 0.3) is 10.9 Å². The van der Waals surface area contributed by atoms with Crippen LogP contribution in [-0.2, 0) is 11.2 Å². The van der Waals surface area contributed by atoms with Crippen molar-refractivity contribution in [3.05, 3.63) is 51.6 Å². The molecule has 2 aromatic heterocycles. The molecule has 1 saturated heterocycles. The van der Waals surface area contributed by atoms with E-state index in [2.05, 4.69) is 46.1 Å². The minimum Gasteiger partial charge on any atom is -0.357 e. The monoisotopic (exact) mass is 353 g/mol. The van der Waals surface area contributed by atoms with Crippen LogP contribution >= 0.6 is 11.3 Å². The number of rotatable bonds is 3. The molecule has 1 aliphatic rings. The van der Waals surface area contributed by atoms with Crippen LogP contribution in [-0.4, -0.2) is 27.3 Å². The number of carbonyl (C=O) groups excluding carboxylic acids is 1. The standard InChI is InChI=1S/C20H23N3OS/c1-13-17(21-14(2)25-13)12-20(24)23-10-6-5-9-19(23)18-11-15-7-3-4-8-16(15)22-18/h3-4,7-8,11,19,22H,5-6,9-10,12H2,1-2H3. The van der Waals surface area contributed by atoms with Gasteiger partial charge < -0.3 is 9.88 Å². The minimum atomic E-state index is 0.147. The molecular formula is C20H23N3OS. The summed E-state index contributed by atoms with van der Waals surface area (Å²) in [5.74, 6) is 0.191. The Balaban J connectivity index is 1.60. The third kappa shape index (κ3) is 3.21. The number of amides is 1. The number of nitrogens with one attached hydrogen (secondary N) is 1. The summed E-state index contributed by atoms with van der Waals surface area (Å²) < 4.78 is 0. The number of para-hydroxylation sites is 1. The average molecular weight is 353 g/mol. The number of hydrogen-bond donors (Lipinski definition) is 1. The predicted molar refractivity (Wildman–Crippen MR) is 102 cm³/mol. The molecule has 1 unspecified atom stereocenters. The predicted octanol–water partition coefficient (Wildman–Crippen LogP) is 4.54. The lowest BCUT2D eigenvalue weighted by molar-refractivity contribution is -0.134. The van der Waals surface area contributed by atoms with Crippen LogP contribution < -0.4 is 0 Å². The molecule has 4 nitrogen and oxygen atoms in total. The van der Waals surface area contributed by atoms with E-state index in [-0.39, 0.29) is 11.9 Å². The van der Waals surface area contributed by atoms with E-state index in [0.717, 1.165) is 46.2 Å². The van der Waals surface area contributed by atoms with Crippen molar-refractivity contribution in [1.82, 2.24) is 14.9 Å². The quantitative estimate of drug-likeness (QED) is 0.751. The number of benzene rings is 1. The van der Waals surface area contributed by atoms with E-state index in [1.54, 1.807) is 11.3 Å². The number of aromatic amines is 1. The first-order valence-electron chi connectivity index (χ1n) is 8.92. The molecule has 4 rings (SSSR count). The van der Waals surface area contributed by atoms with E-state index in [1.165, 1.54) is 11.8 Å². The number of nitrogens with zero attached hydrogens (tertiary/aromatic N) is 2. The summed E-state index contributed by atoms with van der Waals surface area (Å²) in [6.07, 6.45) is 3.68. The Labute approximate surface area is 151 Å². The molecule has 0 bridgehead atoms. The molecule has 1 aromatic carbocycles. The van der Waals surface area contributed by atoms with Gasteiger partial charge in [0.2, 0.25) is 5.91 Å². The van der Waals surface area contributed by atoms with Crippen LogP contribution in [0.15, 0.2) is 30.3 Å². The van der Waals surface area contributed by atoms with E-state index in [0.29, 0.717) is 6.42 Å². The van der Waals surface area contributed by atoms with Crippen LogP contribution in [0.2, 0.25) is 0 Å². The lowest BCUT2D eigenvalue weighted by atomic mass is 9.98. The fraction of sp³-hybridized carbons (Fsp3) is 0.400. The van der Waals surface area contributed by atoms with Gasteiger partial charge >= 0.3 is 0 Å². The molecule has 3 heterocycles. The first-order valence-corrected chi connectivity index (χ1v) is 9.73. The molecule has 1 N–H and O–H groups in total. The molecule has 1 amide bonds. The Morgan fingerprint density at radius 1 is 1.32 bits per heavy atom. The van der Waals surface area contributed by atoms with Crippen molar-refractivity contribution < 1.29 is 4.79 Å². The van der Waals surface area contributed by atoms with Gasteiger partial charge in [-0.2, -0.15) is 0 Å². The second kappa shape index (κ2) is 6.64. The van der Waals surface area contributed by atoms with E-state index >= 15 is 0 Å². The van der Waals surface area contributed by atoms with Gasteiger partial charge in [0.05, 0.1) is 23.2 Å². The summed E-state index contributed by atoms with van der Waals surface area (Å²) in [4.78, 5) is 24.3. The zero-order chi connectivity index (χ0) is 17.4. The summed E-state index contributed by atoms with van der Waals surface area (Å²) in [7, 11) is 0. The molecule has 0 radical (unpaired) electrons. The Morgan fingerprint density at radius 3 is 2.92 bits per heavy atom. The van der Waals surface area contributed by atoms with Gasteiger partial charge in [0.25, 0.3) is 0 Å². The molecule has 1 fully saturated rings. The number of H-pyrrole nitrogens is 1. The van der Waals surface area contributed by atoms with Crippen LogP contribution in [0.1, 0.15) is 46.6 Å². The highest BCUT2D eigenvalue weighted by Crippen LogP contribution is 2.33. The zero-order valence-corrected chi connectivity index (χ0v) is 15.5. The number of piperidine rings is 1. The van der Waals surface area contributed by atoms with E-state index in [4.69, 9.17) is 0 Å². The van der Waals surface area contributed by atoms with Gasteiger partial charge in [-0.3, -0.25) is 4.79 Å². The molecule has 1 atom stereocenters. The van der Waals surface area contributed by atoms with Crippen molar-refractivity contribution in [2.24, 2.45) is 0 Å². The van der Waals surface area contributed by atoms with Gasteiger partial charge in [0.1, 0.15) is 0 Å². The lowest BCUT2D eigenvalue weighted by Crippen LogP contribution is -2.39. The molecule has 0 saturated carbocycles. The summed E-state index contributed by atoms with van der Waals surface area (Å²) in [5.41, 5.74) is 3.23. The highest BCUT2D eigenvalue weighted by molar-refractivity contribution is 7.11. The minimum absolute atomic E-state index is 0.147. The zero-order valence-electron chi connectivity index (χ0n) is 14.7. The van der Waals surface area contributed by atoms with Gasteiger partial charge in [0, 0.05) is 22.6 Å². The van der Waals surface area contributed by atoms with Gasteiger partial charge in [0.15, 0.2) is 0 Å². The summed E-state index contributed by atoms with van der Waals surface area (Å²) in [6, 6.07) is 10.6. The normalized spacial score (nSPS) is 18.0. The SMILES string of the molecule is Cc1nc(CC(=O)N2CCCCC2c2cc3ccccc3[nH]2)c(C)s1. The fourth-order valence-corrected chi connectivity index (χ4v) is 4.64. The van der Waals surface area contributed by atoms with Crippen molar-refractivity contribution in [3.63, 3.8) is 0 Å². The number of thiazole rings is 1. The van der Waals surface area contributed by atoms with E-state index in [9.17, 15) is 4.79 Å². The first kappa shape index (κ1) is 16.3. The van der Waals surface area contributed by atoms with Gasteiger partial charge in [-0.05, 0) is 50.6 Å². The number of likely N-dealkylation sites (tertiary alicyclic amines) is 1. The van der Waals surface area contributed by atoms with Gasteiger partial charge in [-0.25, -0.2) is 4.98 Å². The van der Waals surface area contributed by atoms with Crippen LogP contribution in [0, 0.1) is 13.8 Å². The molecule has 3 aromatic rings. The first-order chi connectivity index (χ1) is 12.1. The Kier molecular flexibility index (Phi) is 4.34.